The second-order valence-electron chi connectivity index (χ2n) is 8.47. The van der Waals surface area contributed by atoms with Crippen LogP contribution in [0, 0.1) is 11.3 Å². The van der Waals surface area contributed by atoms with Crippen molar-refractivity contribution in [3.63, 3.8) is 0 Å². The van der Waals surface area contributed by atoms with E-state index in [0.717, 1.165) is 22.0 Å². The Kier molecular flexibility index (Phi) is 6.51. The standard InChI is InChI=1S/C28H24N4O4S/c1-4-36-27(34)24-17(2)30-28-32(25(24)18-8-7-9-20(14-18)35-3)26(33)23(37-28)15-19-16-31(13-12-29)22-11-6-5-10-21(19)22/h5-11,14-16,25H,4,13H2,1-3H3. The lowest BCUT2D eigenvalue weighted by atomic mass is 9.95. The molecule has 2 aromatic carbocycles. The minimum absolute atomic E-state index is 0.202. The molecule has 186 valence electrons. The predicted octanol–water partition coefficient (Wildman–Crippen LogP) is 3.29. The number of carbonyl (C=O) groups excluding carboxylic acids is 1. The van der Waals surface area contributed by atoms with E-state index >= 15 is 0 Å². The quantitative estimate of drug-likeness (QED) is 0.369. The second-order valence-corrected chi connectivity index (χ2v) is 9.48. The van der Waals surface area contributed by atoms with E-state index in [1.54, 1.807) is 25.5 Å². The van der Waals surface area contributed by atoms with Gasteiger partial charge in [-0.05, 0) is 43.7 Å². The molecular formula is C28H24N4O4S. The summed E-state index contributed by atoms with van der Waals surface area (Å²) >= 11 is 1.26. The number of rotatable bonds is 6. The fourth-order valence-electron chi connectivity index (χ4n) is 4.66. The first kappa shape index (κ1) is 24.3. The molecule has 2 aromatic heterocycles. The summed E-state index contributed by atoms with van der Waals surface area (Å²) in [5, 5.41) is 10.2. The van der Waals surface area contributed by atoms with Crippen molar-refractivity contribution in [1.82, 2.24) is 9.13 Å². The van der Waals surface area contributed by atoms with Gasteiger partial charge in [0.1, 0.15) is 12.3 Å². The van der Waals surface area contributed by atoms with E-state index in [4.69, 9.17) is 9.47 Å². The maximum atomic E-state index is 13.9. The zero-order valence-electron chi connectivity index (χ0n) is 20.6. The van der Waals surface area contributed by atoms with Crippen LogP contribution in [0.4, 0.5) is 0 Å². The Morgan fingerprint density at radius 2 is 2.05 bits per heavy atom. The maximum absolute atomic E-state index is 13.9. The first-order valence-electron chi connectivity index (χ1n) is 11.7. The molecule has 37 heavy (non-hydrogen) atoms. The number of nitrogens with zero attached hydrogens (tertiary/aromatic N) is 4. The highest BCUT2D eigenvalue weighted by atomic mass is 32.1. The SMILES string of the molecule is CCOC(=O)C1=C(C)N=c2sc(=Cc3cn(CC#N)c4ccccc34)c(=O)n2C1c1cccc(OC)c1. The first-order chi connectivity index (χ1) is 18.0. The maximum Gasteiger partial charge on any atom is 0.338 e. The predicted molar refractivity (Wildman–Crippen MR) is 141 cm³/mol. The van der Waals surface area contributed by atoms with Gasteiger partial charge in [0.2, 0.25) is 0 Å². The molecule has 3 heterocycles. The summed E-state index contributed by atoms with van der Waals surface area (Å²) in [5.41, 5.74) is 3.02. The molecule has 0 radical (unpaired) electrons. The minimum atomic E-state index is -0.715. The minimum Gasteiger partial charge on any atom is -0.497 e. The van der Waals surface area contributed by atoms with Crippen LogP contribution in [0.3, 0.4) is 0 Å². The third-order valence-corrected chi connectivity index (χ3v) is 7.26. The molecule has 0 N–H and O–H groups in total. The van der Waals surface area contributed by atoms with Crippen LogP contribution in [-0.2, 0) is 16.1 Å². The first-order valence-corrected chi connectivity index (χ1v) is 12.6. The van der Waals surface area contributed by atoms with Gasteiger partial charge in [0, 0.05) is 22.7 Å². The third-order valence-electron chi connectivity index (χ3n) is 6.27. The Labute approximate surface area is 216 Å². The van der Waals surface area contributed by atoms with E-state index < -0.39 is 12.0 Å². The van der Waals surface area contributed by atoms with Crippen LogP contribution in [-0.4, -0.2) is 28.8 Å². The van der Waals surface area contributed by atoms with E-state index in [0.29, 0.717) is 26.4 Å². The fraction of sp³-hybridized carbons (Fsp3) is 0.214. The normalized spacial score (nSPS) is 15.3. The van der Waals surface area contributed by atoms with Gasteiger partial charge >= 0.3 is 5.97 Å². The number of hydrogen-bond acceptors (Lipinski definition) is 7. The average molecular weight is 513 g/mol. The number of allylic oxidation sites excluding steroid dienone is 1. The van der Waals surface area contributed by atoms with Crippen molar-refractivity contribution < 1.29 is 14.3 Å². The molecule has 9 heteroatoms. The Bertz CT molecular complexity index is 1780. The number of para-hydroxylation sites is 1. The monoisotopic (exact) mass is 512 g/mol. The Hall–Kier alpha value is -4.42. The van der Waals surface area contributed by atoms with Crippen LogP contribution in [0.25, 0.3) is 17.0 Å². The molecule has 4 aromatic rings. The average Bonchev–Trinajstić information content (AvgIpc) is 3.40. The van der Waals surface area contributed by atoms with Gasteiger partial charge in [0.15, 0.2) is 4.80 Å². The fourth-order valence-corrected chi connectivity index (χ4v) is 5.69. The molecular weight excluding hydrogens is 488 g/mol. The highest BCUT2D eigenvalue weighted by Crippen LogP contribution is 2.32. The highest BCUT2D eigenvalue weighted by molar-refractivity contribution is 7.07. The van der Waals surface area contributed by atoms with Crippen LogP contribution < -0.4 is 19.6 Å². The molecule has 5 rings (SSSR count). The number of methoxy groups -OCH3 is 1. The lowest BCUT2D eigenvalue weighted by Crippen LogP contribution is -2.39. The van der Waals surface area contributed by atoms with Gasteiger partial charge in [-0.1, -0.05) is 41.7 Å². The zero-order valence-corrected chi connectivity index (χ0v) is 21.4. The van der Waals surface area contributed by atoms with Crippen molar-refractivity contribution in [1.29, 1.82) is 5.26 Å². The van der Waals surface area contributed by atoms with Gasteiger partial charge in [0.25, 0.3) is 5.56 Å². The number of hydrogen-bond donors (Lipinski definition) is 0. The number of thiazole rings is 1. The molecule has 0 aliphatic carbocycles. The second kappa shape index (κ2) is 9.91. The summed E-state index contributed by atoms with van der Waals surface area (Å²) in [6.07, 6.45) is 3.70. The summed E-state index contributed by atoms with van der Waals surface area (Å²) in [7, 11) is 1.57. The number of fused-ring (bicyclic) bond motifs is 2. The molecule has 1 unspecified atom stereocenters. The summed E-state index contributed by atoms with van der Waals surface area (Å²) in [6, 6.07) is 16.5. The number of ether oxygens (including phenoxy) is 2. The van der Waals surface area contributed by atoms with Gasteiger partial charge in [0.05, 0.1) is 41.6 Å². The molecule has 0 saturated carbocycles. The van der Waals surface area contributed by atoms with E-state index in [-0.39, 0.29) is 18.7 Å². The Morgan fingerprint density at radius 3 is 2.81 bits per heavy atom. The van der Waals surface area contributed by atoms with E-state index in [1.165, 1.54) is 11.3 Å². The zero-order chi connectivity index (χ0) is 26.1. The summed E-state index contributed by atoms with van der Waals surface area (Å²) < 4.78 is 14.7. The molecule has 1 aliphatic rings. The van der Waals surface area contributed by atoms with E-state index in [1.807, 2.05) is 65.4 Å². The lowest BCUT2D eigenvalue weighted by molar-refractivity contribution is -0.139. The van der Waals surface area contributed by atoms with Crippen LogP contribution in [0.15, 0.2) is 75.8 Å². The van der Waals surface area contributed by atoms with Crippen molar-refractivity contribution in [3.05, 3.63) is 96.8 Å². The van der Waals surface area contributed by atoms with E-state index in [9.17, 15) is 14.9 Å². The number of benzene rings is 2. The summed E-state index contributed by atoms with van der Waals surface area (Å²) in [4.78, 5) is 32.1. The molecule has 1 aliphatic heterocycles. The van der Waals surface area contributed by atoms with Crippen molar-refractivity contribution >= 4 is 34.3 Å². The number of aromatic nitrogens is 2. The van der Waals surface area contributed by atoms with Crippen LogP contribution >= 0.6 is 11.3 Å². The molecule has 0 fully saturated rings. The molecule has 0 spiro atoms. The smallest absolute Gasteiger partial charge is 0.338 e. The number of nitriles is 1. The Morgan fingerprint density at radius 1 is 1.24 bits per heavy atom. The van der Waals surface area contributed by atoms with Crippen LogP contribution in [0.1, 0.15) is 31.0 Å². The van der Waals surface area contributed by atoms with Crippen LogP contribution in [0.2, 0.25) is 0 Å². The molecule has 0 amide bonds. The lowest BCUT2D eigenvalue weighted by Gasteiger charge is -2.25. The summed E-state index contributed by atoms with van der Waals surface area (Å²) in [5.74, 6) is 0.105. The number of esters is 1. The molecule has 8 nitrogen and oxygen atoms in total. The van der Waals surface area contributed by atoms with Gasteiger partial charge in [-0.25, -0.2) is 9.79 Å². The van der Waals surface area contributed by atoms with E-state index in [2.05, 4.69) is 11.1 Å². The van der Waals surface area contributed by atoms with Crippen LogP contribution in [0.5, 0.6) is 5.75 Å². The highest BCUT2D eigenvalue weighted by Gasteiger charge is 2.33. The van der Waals surface area contributed by atoms with Crippen molar-refractivity contribution in [2.45, 2.75) is 26.4 Å². The molecule has 1 atom stereocenters. The topological polar surface area (TPSA) is 98.6 Å². The van der Waals surface area contributed by atoms with Gasteiger partial charge in [-0.2, -0.15) is 5.26 Å². The number of carbonyl (C=O) groups is 1. The van der Waals surface area contributed by atoms with Gasteiger partial charge in [-0.15, -0.1) is 0 Å². The van der Waals surface area contributed by atoms with Crippen molar-refractivity contribution in [2.75, 3.05) is 13.7 Å². The van der Waals surface area contributed by atoms with Gasteiger partial charge in [-0.3, -0.25) is 9.36 Å². The van der Waals surface area contributed by atoms with Gasteiger partial charge < -0.3 is 14.0 Å². The Balaban J connectivity index is 1.75. The third kappa shape index (κ3) is 4.26. The van der Waals surface area contributed by atoms with Crippen molar-refractivity contribution in [2.24, 2.45) is 4.99 Å². The van der Waals surface area contributed by atoms with Crippen molar-refractivity contribution in [3.8, 4) is 11.8 Å². The summed E-state index contributed by atoms with van der Waals surface area (Å²) in [6.45, 7) is 3.91. The molecule has 0 saturated heterocycles. The largest absolute Gasteiger partial charge is 0.497 e. The molecule has 0 bridgehead atoms.